The lowest BCUT2D eigenvalue weighted by molar-refractivity contribution is 0.0855. The molecule has 2 rings (SSSR count). The summed E-state index contributed by atoms with van der Waals surface area (Å²) in [4.78, 5) is 6.79. The zero-order chi connectivity index (χ0) is 12.3. The molecule has 0 unspecified atom stereocenters. The van der Waals surface area contributed by atoms with E-state index in [1.165, 1.54) is 0 Å². The Kier molecular flexibility index (Phi) is 3.91. The summed E-state index contributed by atoms with van der Waals surface area (Å²) in [5.41, 5.74) is 7.63. The molecule has 0 radical (unpaired) electrons. The van der Waals surface area contributed by atoms with E-state index in [2.05, 4.69) is 16.9 Å². The molecule has 1 fully saturated rings. The minimum absolute atomic E-state index is 0.418. The predicted molar refractivity (Wildman–Crippen MR) is 72.4 cm³/mol. The van der Waals surface area contributed by atoms with Crippen molar-refractivity contribution in [2.45, 2.75) is 18.9 Å². The average Bonchev–Trinajstić information content (AvgIpc) is 2.39. The van der Waals surface area contributed by atoms with Gasteiger partial charge in [-0.25, -0.2) is 0 Å². The molecule has 1 saturated heterocycles. The van der Waals surface area contributed by atoms with Crippen LogP contribution in [-0.4, -0.2) is 36.3 Å². The number of rotatable bonds is 3. The first kappa shape index (κ1) is 12.3. The number of hydrogen-bond donors (Lipinski definition) is 1. The van der Waals surface area contributed by atoms with Gasteiger partial charge in [-0.2, -0.15) is 0 Å². The van der Waals surface area contributed by atoms with Crippen LogP contribution >= 0.6 is 12.2 Å². The van der Waals surface area contributed by atoms with Crippen molar-refractivity contribution >= 4 is 22.9 Å². The van der Waals surface area contributed by atoms with Gasteiger partial charge in [0.15, 0.2) is 0 Å². The second-order valence-corrected chi connectivity index (χ2v) is 4.65. The van der Waals surface area contributed by atoms with Gasteiger partial charge in [0.2, 0.25) is 0 Å². The van der Waals surface area contributed by atoms with Crippen LogP contribution in [-0.2, 0) is 4.74 Å². The van der Waals surface area contributed by atoms with E-state index < -0.39 is 0 Å². The first-order valence-electron chi connectivity index (χ1n) is 5.74. The van der Waals surface area contributed by atoms with E-state index in [1.54, 1.807) is 6.20 Å². The van der Waals surface area contributed by atoms with Gasteiger partial charge in [0.25, 0.3) is 0 Å². The van der Waals surface area contributed by atoms with Crippen LogP contribution in [0.5, 0.6) is 0 Å². The van der Waals surface area contributed by atoms with E-state index in [1.807, 2.05) is 12.3 Å². The third-order valence-electron chi connectivity index (χ3n) is 3.18. The van der Waals surface area contributed by atoms with Gasteiger partial charge in [0, 0.05) is 38.1 Å². The molecule has 1 aromatic rings. The summed E-state index contributed by atoms with van der Waals surface area (Å²) in [5.74, 6) is 0. The SMILES string of the molecule is CN(c1cnccc1C(N)=S)C1CCOCC1. The molecule has 0 spiro atoms. The Bertz CT molecular complexity index is 404. The van der Waals surface area contributed by atoms with Crippen LogP contribution < -0.4 is 10.6 Å². The van der Waals surface area contributed by atoms with Gasteiger partial charge in [-0.05, 0) is 18.9 Å². The summed E-state index contributed by atoms with van der Waals surface area (Å²) in [6.07, 6.45) is 5.60. The maximum atomic E-state index is 5.73. The Balaban J connectivity index is 2.23. The lowest BCUT2D eigenvalue weighted by Gasteiger charge is -2.33. The molecule has 0 atom stereocenters. The summed E-state index contributed by atoms with van der Waals surface area (Å²) in [5, 5.41) is 0. The van der Waals surface area contributed by atoms with Crippen LogP contribution in [0.15, 0.2) is 18.5 Å². The van der Waals surface area contributed by atoms with Gasteiger partial charge in [-0.15, -0.1) is 0 Å². The molecule has 1 aromatic heterocycles. The van der Waals surface area contributed by atoms with Crippen LogP contribution in [0.3, 0.4) is 0 Å². The van der Waals surface area contributed by atoms with Crippen molar-refractivity contribution in [3.05, 3.63) is 24.0 Å². The summed E-state index contributed by atoms with van der Waals surface area (Å²) in [7, 11) is 2.06. The number of ether oxygens (including phenoxy) is 1. The zero-order valence-electron chi connectivity index (χ0n) is 9.93. The van der Waals surface area contributed by atoms with Crippen LogP contribution in [0.25, 0.3) is 0 Å². The number of pyridine rings is 1. The molecule has 0 aliphatic carbocycles. The fourth-order valence-electron chi connectivity index (χ4n) is 2.14. The standard InChI is InChI=1S/C12H17N3OS/c1-15(9-3-6-16-7-4-9)11-8-14-5-2-10(11)12(13)17/h2,5,8-9H,3-4,6-7H2,1H3,(H2,13,17). The molecule has 5 heteroatoms. The average molecular weight is 251 g/mol. The van der Waals surface area contributed by atoms with Crippen molar-refractivity contribution in [2.75, 3.05) is 25.2 Å². The lowest BCUT2D eigenvalue weighted by atomic mass is 10.1. The van der Waals surface area contributed by atoms with E-state index in [-0.39, 0.29) is 0 Å². The second kappa shape index (κ2) is 5.42. The number of thiocarbonyl (C=S) groups is 1. The highest BCUT2D eigenvalue weighted by molar-refractivity contribution is 7.80. The topological polar surface area (TPSA) is 51.4 Å². The van der Waals surface area contributed by atoms with Gasteiger partial charge in [-0.3, -0.25) is 4.98 Å². The molecule has 2 heterocycles. The molecule has 92 valence electrons. The van der Waals surface area contributed by atoms with Crippen molar-refractivity contribution in [3.8, 4) is 0 Å². The van der Waals surface area contributed by atoms with Crippen LogP contribution in [0, 0.1) is 0 Å². The molecular formula is C12H17N3OS. The summed E-state index contributed by atoms with van der Waals surface area (Å²) in [6, 6.07) is 2.34. The summed E-state index contributed by atoms with van der Waals surface area (Å²) >= 11 is 5.07. The fraction of sp³-hybridized carbons (Fsp3) is 0.500. The van der Waals surface area contributed by atoms with Gasteiger partial charge in [0.1, 0.15) is 4.99 Å². The van der Waals surface area contributed by atoms with Crippen molar-refractivity contribution in [1.82, 2.24) is 4.98 Å². The van der Waals surface area contributed by atoms with Gasteiger partial charge in [0.05, 0.1) is 11.9 Å². The van der Waals surface area contributed by atoms with Crippen LogP contribution in [0.1, 0.15) is 18.4 Å². The van der Waals surface area contributed by atoms with Gasteiger partial charge < -0.3 is 15.4 Å². The van der Waals surface area contributed by atoms with Crippen LogP contribution in [0.4, 0.5) is 5.69 Å². The van der Waals surface area contributed by atoms with E-state index in [4.69, 9.17) is 22.7 Å². The fourth-order valence-corrected chi connectivity index (χ4v) is 2.32. The Hall–Kier alpha value is -1.20. The maximum absolute atomic E-state index is 5.73. The van der Waals surface area contributed by atoms with Gasteiger partial charge in [-0.1, -0.05) is 12.2 Å². The number of nitrogens with zero attached hydrogens (tertiary/aromatic N) is 2. The molecule has 0 amide bonds. The van der Waals surface area contributed by atoms with E-state index in [0.717, 1.165) is 37.3 Å². The monoisotopic (exact) mass is 251 g/mol. The Morgan fingerprint density at radius 1 is 1.53 bits per heavy atom. The maximum Gasteiger partial charge on any atom is 0.106 e. The highest BCUT2D eigenvalue weighted by Crippen LogP contribution is 2.23. The molecule has 1 aliphatic rings. The molecule has 0 saturated carbocycles. The molecular weight excluding hydrogens is 234 g/mol. The zero-order valence-corrected chi connectivity index (χ0v) is 10.7. The number of anilines is 1. The van der Waals surface area contributed by atoms with Crippen molar-refractivity contribution < 1.29 is 4.74 Å². The highest BCUT2D eigenvalue weighted by atomic mass is 32.1. The highest BCUT2D eigenvalue weighted by Gasteiger charge is 2.21. The van der Waals surface area contributed by atoms with E-state index in [9.17, 15) is 0 Å². The molecule has 2 N–H and O–H groups in total. The number of hydrogen-bond acceptors (Lipinski definition) is 4. The minimum atomic E-state index is 0.418. The van der Waals surface area contributed by atoms with Crippen molar-refractivity contribution in [1.29, 1.82) is 0 Å². The van der Waals surface area contributed by atoms with Crippen molar-refractivity contribution in [2.24, 2.45) is 5.73 Å². The second-order valence-electron chi connectivity index (χ2n) is 4.21. The third kappa shape index (κ3) is 2.73. The molecule has 0 bridgehead atoms. The molecule has 1 aliphatic heterocycles. The van der Waals surface area contributed by atoms with E-state index >= 15 is 0 Å². The Morgan fingerprint density at radius 2 is 2.24 bits per heavy atom. The number of nitrogens with two attached hydrogens (primary N) is 1. The predicted octanol–water partition coefficient (Wildman–Crippen LogP) is 1.33. The van der Waals surface area contributed by atoms with Gasteiger partial charge >= 0.3 is 0 Å². The largest absolute Gasteiger partial charge is 0.389 e. The molecule has 0 aromatic carbocycles. The first-order chi connectivity index (χ1) is 8.20. The minimum Gasteiger partial charge on any atom is -0.389 e. The summed E-state index contributed by atoms with van der Waals surface area (Å²) in [6.45, 7) is 1.63. The van der Waals surface area contributed by atoms with Crippen molar-refractivity contribution in [3.63, 3.8) is 0 Å². The quantitative estimate of drug-likeness (QED) is 0.821. The molecule has 4 nitrogen and oxygen atoms in total. The normalized spacial score (nSPS) is 16.8. The van der Waals surface area contributed by atoms with Crippen LogP contribution in [0.2, 0.25) is 0 Å². The first-order valence-corrected chi connectivity index (χ1v) is 6.15. The third-order valence-corrected chi connectivity index (χ3v) is 3.40. The Morgan fingerprint density at radius 3 is 2.88 bits per heavy atom. The number of aromatic nitrogens is 1. The van der Waals surface area contributed by atoms with E-state index in [0.29, 0.717) is 11.0 Å². The smallest absolute Gasteiger partial charge is 0.106 e. The lowest BCUT2D eigenvalue weighted by Crippen LogP contribution is -2.37. The summed E-state index contributed by atoms with van der Waals surface area (Å²) < 4.78 is 5.37. The Labute approximate surface area is 107 Å². The molecule has 17 heavy (non-hydrogen) atoms.